The number of nitrogens with zero attached hydrogens (tertiary/aromatic N) is 1. The standard InChI is InChI=1S/C13H10ClNO2/c1-7(16)15-6-8-2-5-11(17)9-3-4-10(14)13(15)12(8)9/h3-4,6H,2,5H2,1H3. The maximum atomic E-state index is 11.8. The Morgan fingerprint density at radius 3 is 2.82 bits per heavy atom. The Morgan fingerprint density at radius 1 is 1.35 bits per heavy atom. The normalized spacial score (nSPS) is 14.4. The summed E-state index contributed by atoms with van der Waals surface area (Å²) in [4.78, 5) is 23.4. The summed E-state index contributed by atoms with van der Waals surface area (Å²) in [7, 11) is 0. The summed E-state index contributed by atoms with van der Waals surface area (Å²) in [6.07, 6.45) is 2.99. The van der Waals surface area contributed by atoms with Gasteiger partial charge in [0.1, 0.15) is 0 Å². The minimum absolute atomic E-state index is 0.0883. The molecule has 0 atom stereocenters. The van der Waals surface area contributed by atoms with Crippen LogP contribution in [0.5, 0.6) is 0 Å². The summed E-state index contributed by atoms with van der Waals surface area (Å²) >= 11 is 6.14. The van der Waals surface area contributed by atoms with Crippen LogP contribution in [0.2, 0.25) is 5.02 Å². The van der Waals surface area contributed by atoms with E-state index in [9.17, 15) is 9.59 Å². The fraction of sp³-hybridized carbons (Fsp3) is 0.231. The van der Waals surface area contributed by atoms with Crippen LogP contribution >= 0.6 is 11.6 Å². The molecule has 0 radical (unpaired) electrons. The summed E-state index contributed by atoms with van der Waals surface area (Å²) in [5, 5.41) is 1.36. The van der Waals surface area contributed by atoms with E-state index >= 15 is 0 Å². The molecular formula is C13H10ClNO2. The first-order valence-electron chi connectivity index (χ1n) is 5.46. The fourth-order valence-electron chi connectivity index (χ4n) is 2.46. The lowest BCUT2D eigenvalue weighted by Crippen LogP contribution is -2.07. The number of rotatable bonds is 0. The van der Waals surface area contributed by atoms with Crippen molar-refractivity contribution in [1.82, 2.24) is 4.57 Å². The van der Waals surface area contributed by atoms with E-state index in [1.54, 1.807) is 18.3 Å². The maximum absolute atomic E-state index is 11.8. The van der Waals surface area contributed by atoms with E-state index in [2.05, 4.69) is 0 Å². The van der Waals surface area contributed by atoms with Crippen LogP contribution in [-0.4, -0.2) is 16.3 Å². The van der Waals surface area contributed by atoms with Crippen molar-refractivity contribution < 1.29 is 9.59 Å². The van der Waals surface area contributed by atoms with Crippen molar-refractivity contribution in [3.8, 4) is 0 Å². The Kier molecular flexibility index (Phi) is 2.13. The molecule has 4 heteroatoms. The number of aromatic nitrogens is 1. The predicted octanol–water partition coefficient (Wildman–Crippen LogP) is 3.08. The van der Waals surface area contributed by atoms with Gasteiger partial charge in [-0.05, 0) is 24.1 Å². The van der Waals surface area contributed by atoms with Crippen LogP contribution in [0.3, 0.4) is 0 Å². The molecular weight excluding hydrogens is 238 g/mol. The molecule has 17 heavy (non-hydrogen) atoms. The van der Waals surface area contributed by atoms with E-state index in [1.165, 1.54) is 11.5 Å². The first-order valence-corrected chi connectivity index (χ1v) is 5.84. The highest BCUT2D eigenvalue weighted by Gasteiger charge is 2.24. The summed E-state index contributed by atoms with van der Waals surface area (Å²) < 4.78 is 1.54. The van der Waals surface area contributed by atoms with Gasteiger partial charge in [0.25, 0.3) is 0 Å². The lowest BCUT2D eigenvalue weighted by Gasteiger charge is -2.11. The van der Waals surface area contributed by atoms with Crippen molar-refractivity contribution in [2.75, 3.05) is 0 Å². The number of halogens is 1. The Balaban J connectivity index is 2.51. The third-order valence-corrected chi connectivity index (χ3v) is 3.54. The Bertz CT molecular complexity index is 670. The van der Waals surface area contributed by atoms with Crippen LogP contribution < -0.4 is 0 Å². The molecule has 0 saturated carbocycles. The Hall–Kier alpha value is -1.61. The Labute approximate surface area is 103 Å². The molecule has 3 rings (SSSR count). The zero-order valence-electron chi connectivity index (χ0n) is 9.29. The van der Waals surface area contributed by atoms with Crippen molar-refractivity contribution in [2.45, 2.75) is 19.8 Å². The molecule has 0 bridgehead atoms. The number of carbonyl (C=O) groups excluding carboxylic acids is 2. The SMILES string of the molecule is CC(=O)n1cc2c3c(ccc(Cl)c31)C(=O)CC2. The molecule has 0 unspecified atom stereocenters. The number of ketones is 1. The largest absolute Gasteiger partial charge is 0.294 e. The van der Waals surface area contributed by atoms with E-state index in [0.717, 1.165) is 10.9 Å². The number of benzene rings is 1. The van der Waals surface area contributed by atoms with Gasteiger partial charge in [0.05, 0.1) is 10.5 Å². The molecule has 1 heterocycles. The van der Waals surface area contributed by atoms with Crippen LogP contribution in [0, 0.1) is 0 Å². The molecule has 0 aliphatic heterocycles. The van der Waals surface area contributed by atoms with Crippen molar-refractivity contribution in [3.63, 3.8) is 0 Å². The molecule has 0 saturated heterocycles. The number of hydrogen-bond acceptors (Lipinski definition) is 2. The van der Waals surface area contributed by atoms with Crippen LogP contribution in [0.25, 0.3) is 10.9 Å². The van der Waals surface area contributed by atoms with Crippen LogP contribution in [0.4, 0.5) is 0 Å². The summed E-state index contributed by atoms with van der Waals surface area (Å²) in [6.45, 7) is 1.49. The summed E-state index contributed by atoms with van der Waals surface area (Å²) in [6, 6.07) is 3.44. The smallest absolute Gasteiger partial charge is 0.228 e. The Morgan fingerprint density at radius 2 is 2.12 bits per heavy atom. The minimum atomic E-state index is -0.0883. The molecule has 1 aromatic carbocycles. The minimum Gasteiger partial charge on any atom is -0.294 e. The zero-order chi connectivity index (χ0) is 12.2. The predicted molar refractivity (Wildman–Crippen MR) is 65.9 cm³/mol. The molecule has 2 aromatic rings. The van der Waals surface area contributed by atoms with Gasteiger partial charge in [-0.2, -0.15) is 0 Å². The lowest BCUT2D eigenvalue weighted by atomic mass is 9.92. The van der Waals surface area contributed by atoms with Crippen molar-refractivity contribution >= 4 is 34.2 Å². The number of hydrogen-bond donors (Lipinski definition) is 0. The molecule has 86 valence electrons. The second-order valence-corrected chi connectivity index (χ2v) is 4.69. The van der Waals surface area contributed by atoms with Crippen molar-refractivity contribution in [2.24, 2.45) is 0 Å². The second kappa shape index (κ2) is 3.44. The highest BCUT2D eigenvalue weighted by Crippen LogP contribution is 2.35. The first kappa shape index (κ1) is 10.5. The monoisotopic (exact) mass is 247 g/mol. The van der Waals surface area contributed by atoms with Gasteiger partial charge in [-0.1, -0.05) is 11.6 Å². The summed E-state index contributed by atoms with van der Waals surface area (Å²) in [5.74, 6) is 0.0371. The second-order valence-electron chi connectivity index (χ2n) is 4.29. The number of Topliss-reactive ketones (excluding diaryl/α,β-unsaturated/α-hetero) is 1. The van der Waals surface area contributed by atoms with Gasteiger partial charge < -0.3 is 0 Å². The molecule has 0 fully saturated rings. The third kappa shape index (κ3) is 1.35. The number of aryl methyl sites for hydroxylation is 1. The van der Waals surface area contributed by atoms with Gasteiger partial charge in [0.2, 0.25) is 5.91 Å². The molecule has 0 amide bonds. The van der Waals surface area contributed by atoms with E-state index in [4.69, 9.17) is 11.6 Å². The van der Waals surface area contributed by atoms with Gasteiger partial charge in [-0.3, -0.25) is 14.2 Å². The van der Waals surface area contributed by atoms with Crippen LogP contribution in [-0.2, 0) is 6.42 Å². The first-order chi connectivity index (χ1) is 8.09. The van der Waals surface area contributed by atoms with Gasteiger partial charge in [-0.15, -0.1) is 0 Å². The molecule has 1 aromatic heterocycles. The van der Waals surface area contributed by atoms with Gasteiger partial charge in [0.15, 0.2) is 5.78 Å². The van der Waals surface area contributed by atoms with E-state index in [0.29, 0.717) is 28.9 Å². The molecule has 1 aliphatic carbocycles. The molecule has 1 aliphatic rings. The molecule has 0 N–H and O–H groups in total. The van der Waals surface area contributed by atoms with Crippen molar-refractivity contribution in [1.29, 1.82) is 0 Å². The van der Waals surface area contributed by atoms with Gasteiger partial charge >= 0.3 is 0 Å². The van der Waals surface area contributed by atoms with Gasteiger partial charge in [-0.25, -0.2) is 0 Å². The van der Waals surface area contributed by atoms with E-state index in [1.807, 2.05) is 0 Å². The number of carbonyl (C=O) groups is 2. The lowest BCUT2D eigenvalue weighted by molar-refractivity contribution is 0.0940. The third-order valence-electron chi connectivity index (χ3n) is 3.24. The van der Waals surface area contributed by atoms with E-state index in [-0.39, 0.29) is 11.7 Å². The van der Waals surface area contributed by atoms with Gasteiger partial charge in [0, 0.05) is 30.5 Å². The molecule has 3 nitrogen and oxygen atoms in total. The average molecular weight is 248 g/mol. The maximum Gasteiger partial charge on any atom is 0.228 e. The molecule has 0 spiro atoms. The van der Waals surface area contributed by atoms with E-state index < -0.39 is 0 Å². The highest BCUT2D eigenvalue weighted by molar-refractivity contribution is 6.36. The van der Waals surface area contributed by atoms with Crippen LogP contribution in [0.15, 0.2) is 18.3 Å². The van der Waals surface area contributed by atoms with Crippen LogP contribution in [0.1, 0.15) is 34.1 Å². The fourth-order valence-corrected chi connectivity index (χ4v) is 2.71. The summed E-state index contributed by atoms with van der Waals surface area (Å²) in [5.41, 5.74) is 2.39. The van der Waals surface area contributed by atoms with Crippen molar-refractivity contribution in [3.05, 3.63) is 34.5 Å². The zero-order valence-corrected chi connectivity index (χ0v) is 10.0. The average Bonchev–Trinajstić information content (AvgIpc) is 2.67. The highest BCUT2D eigenvalue weighted by atomic mass is 35.5. The topological polar surface area (TPSA) is 39.1 Å². The quantitative estimate of drug-likeness (QED) is 0.718.